The molecule has 2 amide bonds. The van der Waals surface area contributed by atoms with Gasteiger partial charge < -0.3 is 19.3 Å². The van der Waals surface area contributed by atoms with Crippen LogP contribution in [0.5, 0.6) is 0 Å². The van der Waals surface area contributed by atoms with Crippen LogP contribution in [0.25, 0.3) is 0 Å². The van der Waals surface area contributed by atoms with Crippen molar-refractivity contribution < 1.29 is 19.1 Å². The molecule has 0 saturated carbocycles. The lowest BCUT2D eigenvalue weighted by molar-refractivity contribution is -0.139. The van der Waals surface area contributed by atoms with Crippen LogP contribution in [0.1, 0.15) is 48.4 Å². The normalized spacial score (nSPS) is 23.8. The highest BCUT2D eigenvalue weighted by atomic mass is 16.4. The number of hydrogen-bond acceptors (Lipinski definition) is 5. The average molecular weight is 377 g/mol. The quantitative estimate of drug-likeness (QED) is 0.814. The van der Waals surface area contributed by atoms with Crippen LogP contribution < -0.4 is 0 Å². The monoisotopic (exact) mass is 377 g/mol. The van der Waals surface area contributed by atoms with Crippen molar-refractivity contribution in [2.45, 2.75) is 38.6 Å². The van der Waals surface area contributed by atoms with Crippen LogP contribution in [-0.2, 0) is 11.3 Å². The Morgan fingerprint density at radius 1 is 1.30 bits per heavy atom. The first-order valence-electron chi connectivity index (χ1n) is 9.84. The Balaban J connectivity index is 1.62. The molecule has 2 saturated heterocycles. The molecular formula is C20H31N3O4. The molecule has 150 valence electrons. The standard InChI is InChI=1S/C20H31N3O4/c1-21(2)19(26)17-6-5-16(27-17)13-22-10-3-8-20(14-22)9-7-18(25)23(15-20)11-4-12-24/h5-6,24H,3-4,7-15H2,1-2H3/t20-/m0/s1. The second-order valence-corrected chi connectivity index (χ2v) is 8.17. The Kier molecular flexibility index (Phi) is 6.22. The van der Waals surface area contributed by atoms with Crippen molar-refractivity contribution in [3.8, 4) is 0 Å². The molecule has 0 bridgehead atoms. The number of carbonyl (C=O) groups is 2. The van der Waals surface area contributed by atoms with Gasteiger partial charge in [0.1, 0.15) is 5.76 Å². The third kappa shape index (κ3) is 4.71. The van der Waals surface area contributed by atoms with Crippen molar-refractivity contribution >= 4 is 11.8 Å². The predicted molar refractivity (Wildman–Crippen MR) is 101 cm³/mol. The smallest absolute Gasteiger partial charge is 0.289 e. The van der Waals surface area contributed by atoms with Crippen LogP contribution in [0.15, 0.2) is 16.5 Å². The number of nitrogens with zero attached hydrogens (tertiary/aromatic N) is 3. The van der Waals surface area contributed by atoms with E-state index >= 15 is 0 Å². The maximum absolute atomic E-state index is 12.2. The van der Waals surface area contributed by atoms with Crippen LogP contribution >= 0.6 is 0 Å². The second-order valence-electron chi connectivity index (χ2n) is 8.17. The Morgan fingerprint density at radius 2 is 2.11 bits per heavy atom. The first kappa shape index (κ1) is 19.9. The predicted octanol–water partition coefficient (Wildman–Crippen LogP) is 1.57. The minimum Gasteiger partial charge on any atom is -0.455 e. The van der Waals surface area contributed by atoms with Gasteiger partial charge in [-0.05, 0) is 44.4 Å². The molecule has 1 N–H and O–H groups in total. The molecule has 1 spiro atoms. The van der Waals surface area contributed by atoms with Crippen LogP contribution in [0.4, 0.5) is 0 Å². The van der Waals surface area contributed by atoms with Gasteiger partial charge in [-0.1, -0.05) is 0 Å². The summed E-state index contributed by atoms with van der Waals surface area (Å²) in [6.07, 6.45) is 4.41. The fraction of sp³-hybridized carbons (Fsp3) is 0.700. The molecule has 2 aliphatic heterocycles. The lowest BCUT2D eigenvalue weighted by atomic mass is 9.73. The summed E-state index contributed by atoms with van der Waals surface area (Å²) in [5.74, 6) is 1.27. The van der Waals surface area contributed by atoms with Crippen LogP contribution in [0.3, 0.4) is 0 Å². The van der Waals surface area contributed by atoms with E-state index in [-0.39, 0.29) is 23.8 Å². The summed E-state index contributed by atoms with van der Waals surface area (Å²) in [7, 11) is 3.43. The fourth-order valence-electron chi connectivity index (χ4n) is 4.36. The molecule has 0 aromatic carbocycles. The maximum atomic E-state index is 12.2. The van der Waals surface area contributed by atoms with E-state index in [0.717, 1.165) is 44.7 Å². The fourth-order valence-corrected chi connectivity index (χ4v) is 4.36. The van der Waals surface area contributed by atoms with Gasteiger partial charge in [0, 0.05) is 52.2 Å². The van der Waals surface area contributed by atoms with Gasteiger partial charge in [-0.3, -0.25) is 14.5 Å². The molecule has 27 heavy (non-hydrogen) atoms. The first-order valence-corrected chi connectivity index (χ1v) is 9.84. The topological polar surface area (TPSA) is 77.2 Å². The first-order chi connectivity index (χ1) is 12.9. The highest BCUT2D eigenvalue weighted by Crippen LogP contribution is 2.39. The lowest BCUT2D eigenvalue weighted by Crippen LogP contribution is -2.54. The van der Waals surface area contributed by atoms with Gasteiger partial charge in [0.05, 0.1) is 6.54 Å². The number of likely N-dealkylation sites (tertiary alicyclic amines) is 2. The van der Waals surface area contributed by atoms with Gasteiger partial charge in [-0.15, -0.1) is 0 Å². The number of carbonyl (C=O) groups excluding carboxylic acids is 2. The summed E-state index contributed by atoms with van der Waals surface area (Å²) >= 11 is 0. The molecule has 2 aliphatic rings. The number of rotatable bonds is 6. The van der Waals surface area contributed by atoms with Gasteiger partial charge in [0.15, 0.2) is 5.76 Å². The molecule has 0 radical (unpaired) electrons. The molecule has 3 rings (SSSR count). The van der Waals surface area contributed by atoms with Crippen molar-refractivity contribution in [2.75, 3.05) is 46.9 Å². The minimum atomic E-state index is -0.123. The highest BCUT2D eigenvalue weighted by molar-refractivity contribution is 5.91. The zero-order chi connectivity index (χ0) is 19.4. The molecule has 2 fully saturated rings. The Labute approximate surface area is 160 Å². The zero-order valence-corrected chi connectivity index (χ0v) is 16.4. The van der Waals surface area contributed by atoms with E-state index in [1.54, 1.807) is 20.2 Å². The average Bonchev–Trinajstić information content (AvgIpc) is 3.10. The molecule has 1 aromatic heterocycles. The molecule has 0 aliphatic carbocycles. The summed E-state index contributed by atoms with van der Waals surface area (Å²) in [6, 6.07) is 3.63. The SMILES string of the molecule is CN(C)C(=O)c1ccc(CN2CCC[C@]3(CCC(=O)N(CCCO)C3)C2)o1. The minimum absolute atomic E-state index is 0.120. The maximum Gasteiger partial charge on any atom is 0.289 e. The third-order valence-corrected chi connectivity index (χ3v) is 5.73. The summed E-state index contributed by atoms with van der Waals surface area (Å²) in [5.41, 5.74) is 0.135. The third-order valence-electron chi connectivity index (χ3n) is 5.73. The number of amides is 2. The molecule has 7 heteroatoms. The van der Waals surface area contributed by atoms with Crippen molar-refractivity contribution in [2.24, 2.45) is 5.41 Å². The summed E-state index contributed by atoms with van der Waals surface area (Å²) < 4.78 is 5.75. The molecule has 0 unspecified atom stereocenters. The van der Waals surface area contributed by atoms with Crippen LogP contribution in [-0.4, -0.2) is 78.5 Å². The molecule has 3 heterocycles. The Bertz CT molecular complexity index is 672. The van der Waals surface area contributed by atoms with E-state index in [2.05, 4.69) is 4.90 Å². The van der Waals surface area contributed by atoms with Gasteiger partial charge in [0.2, 0.25) is 5.91 Å². The number of piperidine rings is 2. The van der Waals surface area contributed by atoms with Crippen molar-refractivity contribution in [3.63, 3.8) is 0 Å². The van der Waals surface area contributed by atoms with Crippen molar-refractivity contribution in [1.82, 2.24) is 14.7 Å². The largest absolute Gasteiger partial charge is 0.455 e. The van der Waals surface area contributed by atoms with E-state index in [9.17, 15) is 9.59 Å². The van der Waals surface area contributed by atoms with Crippen LogP contribution in [0.2, 0.25) is 0 Å². The van der Waals surface area contributed by atoms with Crippen molar-refractivity contribution in [1.29, 1.82) is 0 Å². The number of furan rings is 1. The summed E-state index contributed by atoms with van der Waals surface area (Å²) in [6.45, 7) is 4.18. The molecule has 7 nitrogen and oxygen atoms in total. The number of hydrogen-bond donors (Lipinski definition) is 1. The van der Waals surface area contributed by atoms with E-state index in [1.807, 2.05) is 11.0 Å². The van der Waals surface area contributed by atoms with Gasteiger partial charge in [-0.2, -0.15) is 0 Å². The van der Waals surface area contributed by atoms with E-state index < -0.39 is 0 Å². The zero-order valence-electron chi connectivity index (χ0n) is 16.4. The summed E-state index contributed by atoms with van der Waals surface area (Å²) in [5, 5.41) is 9.08. The molecule has 1 aromatic rings. The second kappa shape index (κ2) is 8.44. The Hall–Kier alpha value is -1.86. The lowest BCUT2D eigenvalue weighted by Gasteiger charge is -2.48. The van der Waals surface area contributed by atoms with E-state index in [0.29, 0.717) is 31.7 Å². The highest BCUT2D eigenvalue weighted by Gasteiger charge is 2.41. The Morgan fingerprint density at radius 3 is 2.85 bits per heavy atom. The summed E-state index contributed by atoms with van der Waals surface area (Å²) in [4.78, 5) is 30.0. The van der Waals surface area contributed by atoms with Gasteiger partial charge >= 0.3 is 0 Å². The number of aliphatic hydroxyl groups is 1. The van der Waals surface area contributed by atoms with Crippen molar-refractivity contribution in [3.05, 3.63) is 23.7 Å². The molecule has 1 atom stereocenters. The van der Waals surface area contributed by atoms with Gasteiger partial charge in [0.25, 0.3) is 5.91 Å². The molecular weight excluding hydrogens is 346 g/mol. The van der Waals surface area contributed by atoms with E-state index in [1.165, 1.54) is 4.90 Å². The van der Waals surface area contributed by atoms with Crippen LogP contribution in [0, 0.1) is 5.41 Å². The number of aliphatic hydroxyl groups excluding tert-OH is 1. The van der Waals surface area contributed by atoms with Gasteiger partial charge in [-0.25, -0.2) is 0 Å². The van der Waals surface area contributed by atoms with E-state index in [4.69, 9.17) is 9.52 Å².